The SMILES string of the molecule is B[C@@]1(CC)CC(=O)N[C@@H]1COc1nccc2cc(C(N)=O)c(OC)cc12. The number of benzene rings is 1. The zero-order valence-electron chi connectivity index (χ0n) is 15.2. The zero-order valence-corrected chi connectivity index (χ0v) is 15.2. The number of nitrogens with zero attached hydrogens (tertiary/aromatic N) is 1. The molecule has 0 saturated carbocycles. The van der Waals surface area contributed by atoms with Crippen LogP contribution in [0, 0.1) is 0 Å². The number of aromatic nitrogens is 1. The second-order valence-corrected chi connectivity index (χ2v) is 6.87. The molecule has 26 heavy (non-hydrogen) atoms. The fourth-order valence-electron chi connectivity index (χ4n) is 3.34. The number of rotatable bonds is 6. The van der Waals surface area contributed by atoms with Crippen LogP contribution < -0.4 is 20.5 Å². The highest BCUT2D eigenvalue weighted by molar-refractivity contribution is 6.18. The molecule has 0 unspecified atom stereocenters. The number of carbonyl (C=O) groups excluding carboxylic acids is 2. The second kappa shape index (κ2) is 6.86. The van der Waals surface area contributed by atoms with Crippen molar-refractivity contribution in [3.8, 4) is 11.6 Å². The van der Waals surface area contributed by atoms with E-state index >= 15 is 0 Å². The highest BCUT2D eigenvalue weighted by Crippen LogP contribution is 2.40. The van der Waals surface area contributed by atoms with Gasteiger partial charge in [0.05, 0.1) is 18.7 Å². The smallest absolute Gasteiger partial charge is 0.252 e. The van der Waals surface area contributed by atoms with Crippen LogP contribution in [0.3, 0.4) is 0 Å². The van der Waals surface area contributed by atoms with Gasteiger partial charge in [0.25, 0.3) is 5.91 Å². The molecule has 0 bridgehead atoms. The van der Waals surface area contributed by atoms with E-state index in [1.54, 1.807) is 24.4 Å². The number of nitrogens with two attached hydrogens (primary N) is 1. The van der Waals surface area contributed by atoms with E-state index in [4.69, 9.17) is 15.2 Å². The van der Waals surface area contributed by atoms with Crippen LogP contribution in [0.5, 0.6) is 11.6 Å². The summed E-state index contributed by atoms with van der Waals surface area (Å²) in [6, 6.07) is 5.06. The Hall–Kier alpha value is -2.77. The van der Waals surface area contributed by atoms with Gasteiger partial charge < -0.3 is 20.5 Å². The number of amides is 2. The van der Waals surface area contributed by atoms with Crippen LogP contribution in [0.4, 0.5) is 0 Å². The highest BCUT2D eigenvalue weighted by atomic mass is 16.5. The molecule has 2 amide bonds. The van der Waals surface area contributed by atoms with Gasteiger partial charge >= 0.3 is 0 Å². The van der Waals surface area contributed by atoms with Crippen LogP contribution in [0.15, 0.2) is 24.4 Å². The summed E-state index contributed by atoms with van der Waals surface area (Å²) in [4.78, 5) is 27.7. The minimum absolute atomic E-state index is 0.0431. The molecule has 1 saturated heterocycles. The number of carbonyl (C=O) groups is 2. The molecule has 3 N–H and O–H groups in total. The molecule has 8 heteroatoms. The fourth-order valence-corrected chi connectivity index (χ4v) is 3.34. The Morgan fingerprint density at radius 3 is 2.92 bits per heavy atom. The maximum atomic E-state index is 11.8. The first-order valence-corrected chi connectivity index (χ1v) is 8.56. The van der Waals surface area contributed by atoms with Gasteiger partial charge in [-0.3, -0.25) is 9.59 Å². The van der Waals surface area contributed by atoms with Crippen molar-refractivity contribution >= 4 is 30.4 Å². The predicted molar refractivity (Wildman–Crippen MR) is 100 cm³/mol. The lowest BCUT2D eigenvalue weighted by Crippen LogP contribution is -2.38. The van der Waals surface area contributed by atoms with E-state index in [9.17, 15) is 9.59 Å². The number of ether oxygens (including phenoxy) is 2. The summed E-state index contributed by atoms with van der Waals surface area (Å²) in [5.41, 5.74) is 5.72. The van der Waals surface area contributed by atoms with Crippen molar-refractivity contribution in [3.05, 3.63) is 30.0 Å². The van der Waals surface area contributed by atoms with Crippen molar-refractivity contribution in [3.63, 3.8) is 0 Å². The number of nitrogens with one attached hydrogen (secondary N) is 1. The van der Waals surface area contributed by atoms with E-state index in [2.05, 4.69) is 25.1 Å². The Balaban J connectivity index is 1.91. The van der Waals surface area contributed by atoms with Gasteiger partial charge in [0.15, 0.2) is 0 Å². The number of primary amides is 1. The number of hydrogen-bond acceptors (Lipinski definition) is 5. The van der Waals surface area contributed by atoms with Gasteiger partial charge in [-0.25, -0.2) is 4.98 Å². The maximum Gasteiger partial charge on any atom is 0.252 e. The van der Waals surface area contributed by atoms with Crippen molar-refractivity contribution in [2.45, 2.75) is 31.1 Å². The Morgan fingerprint density at radius 1 is 1.50 bits per heavy atom. The third-order valence-corrected chi connectivity index (χ3v) is 5.25. The summed E-state index contributed by atoms with van der Waals surface area (Å²) in [6.45, 7) is 2.39. The van der Waals surface area contributed by atoms with Gasteiger partial charge in [0.1, 0.15) is 20.2 Å². The number of fused-ring (bicyclic) bond motifs is 1. The largest absolute Gasteiger partial charge is 0.496 e. The minimum Gasteiger partial charge on any atom is -0.496 e. The molecule has 1 aromatic carbocycles. The lowest BCUT2D eigenvalue weighted by molar-refractivity contribution is -0.119. The van der Waals surface area contributed by atoms with Gasteiger partial charge in [-0.15, -0.1) is 0 Å². The van der Waals surface area contributed by atoms with Crippen molar-refractivity contribution < 1.29 is 19.1 Å². The van der Waals surface area contributed by atoms with Gasteiger partial charge in [-0.2, -0.15) is 0 Å². The third kappa shape index (κ3) is 3.19. The first-order chi connectivity index (χ1) is 12.4. The standard InChI is InChI=1S/C18H22BN3O4/c1-3-18(19)8-15(23)22-14(18)9-26-17-11-7-13(25-2)12(16(20)24)6-10(11)4-5-21-17/h4-7,14H,3,8-9,19H2,1-2H3,(H2,20,24)(H,22,23)/t14-,18+/m1/s1. The summed E-state index contributed by atoms with van der Waals surface area (Å²) >= 11 is 0. The maximum absolute atomic E-state index is 11.8. The molecule has 1 fully saturated rings. The van der Waals surface area contributed by atoms with Crippen molar-refractivity contribution in [2.24, 2.45) is 5.73 Å². The van der Waals surface area contributed by atoms with Crippen LogP contribution in [0.2, 0.25) is 5.31 Å². The van der Waals surface area contributed by atoms with Gasteiger partial charge in [0, 0.05) is 18.0 Å². The van der Waals surface area contributed by atoms with Gasteiger partial charge in [0.2, 0.25) is 11.8 Å². The lowest BCUT2D eigenvalue weighted by Gasteiger charge is -2.28. The Labute approximate surface area is 152 Å². The average Bonchev–Trinajstić information content (AvgIpc) is 2.92. The monoisotopic (exact) mass is 355 g/mol. The fraction of sp³-hybridized carbons (Fsp3) is 0.389. The van der Waals surface area contributed by atoms with Crippen LogP contribution in [-0.4, -0.2) is 44.4 Å². The molecule has 0 radical (unpaired) electrons. The molecule has 1 aliphatic rings. The van der Waals surface area contributed by atoms with Crippen LogP contribution in [0.25, 0.3) is 10.8 Å². The molecular formula is C18H22BN3O4. The van der Waals surface area contributed by atoms with Crippen molar-refractivity contribution in [1.82, 2.24) is 10.3 Å². The molecule has 3 rings (SSSR count). The average molecular weight is 355 g/mol. The summed E-state index contributed by atoms with van der Waals surface area (Å²) in [6.07, 6.45) is 2.98. The van der Waals surface area contributed by atoms with Gasteiger partial charge in [-0.1, -0.05) is 13.3 Å². The first kappa shape index (κ1) is 18.0. The normalized spacial score (nSPS) is 22.2. The first-order valence-electron chi connectivity index (χ1n) is 8.56. The molecule has 1 aliphatic heterocycles. The van der Waals surface area contributed by atoms with Crippen LogP contribution in [0.1, 0.15) is 30.1 Å². The summed E-state index contributed by atoms with van der Waals surface area (Å²) in [7, 11) is 3.56. The number of pyridine rings is 1. The van der Waals surface area contributed by atoms with E-state index in [1.165, 1.54) is 7.11 Å². The van der Waals surface area contributed by atoms with Gasteiger partial charge in [-0.05, 0) is 28.9 Å². The zero-order chi connectivity index (χ0) is 18.9. The molecule has 0 aliphatic carbocycles. The Kier molecular flexibility index (Phi) is 4.76. The number of hydrogen-bond donors (Lipinski definition) is 2. The van der Waals surface area contributed by atoms with Crippen molar-refractivity contribution in [2.75, 3.05) is 13.7 Å². The topological polar surface area (TPSA) is 104 Å². The molecule has 0 spiro atoms. The molecule has 7 nitrogen and oxygen atoms in total. The molecule has 2 aromatic rings. The summed E-state index contributed by atoms with van der Waals surface area (Å²) in [5, 5.41) is 4.34. The second-order valence-electron chi connectivity index (χ2n) is 6.87. The number of methoxy groups -OCH3 is 1. The Morgan fingerprint density at radius 2 is 2.27 bits per heavy atom. The van der Waals surface area contributed by atoms with Crippen LogP contribution >= 0.6 is 0 Å². The molecule has 136 valence electrons. The molecule has 1 aromatic heterocycles. The van der Waals surface area contributed by atoms with E-state index in [-0.39, 0.29) is 17.3 Å². The van der Waals surface area contributed by atoms with E-state index in [0.29, 0.717) is 30.2 Å². The van der Waals surface area contributed by atoms with E-state index in [1.807, 2.05) is 0 Å². The Bertz CT molecular complexity index is 873. The minimum atomic E-state index is -0.560. The predicted octanol–water partition coefficient (Wildman–Crippen LogP) is 0.811. The van der Waals surface area contributed by atoms with Crippen LogP contribution in [-0.2, 0) is 4.79 Å². The highest BCUT2D eigenvalue weighted by Gasteiger charge is 2.42. The van der Waals surface area contributed by atoms with E-state index in [0.717, 1.165) is 17.2 Å². The van der Waals surface area contributed by atoms with E-state index < -0.39 is 5.91 Å². The summed E-state index contributed by atoms with van der Waals surface area (Å²) in [5.74, 6) is 0.281. The third-order valence-electron chi connectivity index (χ3n) is 5.25. The molecule has 2 atom stereocenters. The van der Waals surface area contributed by atoms with Crippen molar-refractivity contribution in [1.29, 1.82) is 0 Å². The molecular weight excluding hydrogens is 333 g/mol. The quantitative estimate of drug-likeness (QED) is 0.747. The summed E-state index contributed by atoms with van der Waals surface area (Å²) < 4.78 is 11.2. The molecule has 2 heterocycles. The lowest BCUT2D eigenvalue weighted by atomic mass is 9.62.